The zero-order valence-corrected chi connectivity index (χ0v) is 47.2. The molecule has 0 saturated carbocycles. The van der Waals surface area contributed by atoms with Crippen LogP contribution in [0.15, 0.2) is 326 Å². The van der Waals surface area contributed by atoms with E-state index >= 15 is 0 Å². The summed E-state index contributed by atoms with van der Waals surface area (Å²) in [6.45, 7) is 0. The van der Waals surface area contributed by atoms with Crippen LogP contribution < -0.4 is 4.90 Å². The molecule has 0 aliphatic heterocycles. The van der Waals surface area contributed by atoms with Crippen molar-refractivity contribution in [3.8, 4) is 95.5 Å². The number of anilines is 3. The Kier molecular flexibility index (Phi) is 12.8. The maximum absolute atomic E-state index is 6.53. The van der Waals surface area contributed by atoms with Gasteiger partial charge in [-0.3, -0.25) is 0 Å². The van der Waals surface area contributed by atoms with Gasteiger partial charge in [0.05, 0.1) is 11.0 Å². The standard InChI is InChI=1S/C81H53N5O/c1-5-18-54(19-6-1)57-34-41-66(42-35-57)85(67-43-36-58(37-44-67)55-20-7-2-8-21-55)69-47-49-76-74(53-69)73-52-63(40-48-75(73)86(76)68-45-38-59(39-46-68)70-31-17-32-72-71-30-13-14-33-77(71)87-78(70)72)62-27-16-29-65(51-62)81-83-79(60-24-11-4-12-25-60)82-80(84-81)64-28-15-26-61(50-64)56-22-9-3-10-23-56/h1-53H. The summed E-state index contributed by atoms with van der Waals surface area (Å²) in [6.07, 6.45) is 0. The number of hydrogen-bond donors (Lipinski definition) is 0. The first kappa shape index (κ1) is 51.0. The summed E-state index contributed by atoms with van der Waals surface area (Å²) in [7, 11) is 0. The average Bonchev–Trinajstić information content (AvgIpc) is 2.84. The fourth-order valence-electron chi connectivity index (χ4n) is 12.3. The number of benzene rings is 13. The first-order chi connectivity index (χ1) is 43.1. The molecule has 0 amide bonds. The topological polar surface area (TPSA) is 60.0 Å². The normalized spacial score (nSPS) is 11.4. The van der Waals surface area contributed by atoms with Crippen molar-refractivity contribution < 1.29 is 4.42 Å². The zero-order chi connectivity index (χ0) is 57.6. The molecule has 0 fully saturated rings. The van der Waals surface area contributed by atoms with Gasteiger partial charge >= 0.3 is 0 Å². The number of hydrogen-bond acceptors (Lipinski definition) is 5. The van der Waals surface area contributed by atoms with Gasteiger partial charge in [0.15, 0.2) is 17.5 Å². The molecule has 408 valence electrons. The Balaban J connectivity index is 0.845. The summed E-state index contributed by atoms with van der Waals surface area (Å²) in [5.41, 5.74) is 22.1. The first-order valence-electron chi connectivity index (χ1n) is 29.4. The van der Waals surface area contributed by atoms with Crippen molar-refractivity contribution in [3.63, 3.8) is 0 Å². The number of furan rings is 1. The summed E-state index contributed by atoms with van der Waals surface area (Å²) in [5.74, 6) is 1.82. The molecule has 0 aliphatic carbocycles. The molecule has 0 atom stereocenters. The van der Waals surface area contributed by atoms with Crippen LogP contribution in [0.5, 0.6) is 0 Å². The quantitative estimate of drug-likeness (QED) is 0.122. The molecular weight excluding hydrogens is 1060 g/mol. The maximum Gasteiger partial charge on any atom is 0.164 e. The SMILES string of the molecule is c1ccc(-c2ccc(N(c3ccc(-c4ccccc4)cc3)c3ccc4c(c3)c3cc(-c5cccc(-c6nc(-c7ccccc7)nc(-c7cccc(-c8ccccc8)c7)n6)c5)ccc3n4-c3ccc(-c4cccc5c4oc4ccccc45)cc3)cc2)cc1. The highest BCUT2D eigenvalue weighted by atomic mass is 16.3. The molecule has 0 aliphatic rings. The molecule has 0 radical (unpaired) electrons. The maximum atomic E-state index is 6.53. The van der Waals surface area contributed by atoms with Crippen LogP contribution in [0.3, 0.4) is 0 Å². The number of nitrogens with zero attached hydrogens (tertiary/aromatic N) is 5. The minimum atomic E-state index is 0.599. The van der Waals surface area contributed by atoms with Crippen LogP contribution in [0.2, 0.25) is 0 Å². The van der Waals surface area contributed by atoms with E-state index in [-0.39, 0.29) is 0 Å². The molecule has 3 heterocycles. The lowest BCUT2D eigenvalue weighted by Crippen LogP contribution is -2.10. The van der Waals surface area contributed by atoms with E-state index < -0.39 is 0 Å². The molecule has 0 spiro atoms. The average molecular weight is 1110 g/mol. The van der Waals surface area contributed by atoms with Gasteiger partial charge in [-0.05, 0) is 135 Å². The highest BCUT2D eigenvalue weighted by molar-refractivity contribution is 6.12. The molecule has 16 rings (SSSR count). The van der Waals surface area contributed by atoms with Crippen LogP contribution in [0.25, 0.3) is 139 Å². The van der Waals surface area contributed by atoms with Crippen molar-refractivity contribution in [1.82, 2.24) is 19.5 Å². The van der Waals surface area contributed by atoms with E-state index in [1.807, 2.05) is 36.4 Å². The Labute approximate surface area is 503 Å². The summed E-state index contributed by atoms with van der Waals surface area (Å²) in [6, 6.07) is 114. The summed E-state index contributed by atoms with van der Waals surface area (Å²) in [4.78, 5) is 17.9. The van der Waals surface area contributed by atoms with E-state index in [0.29, 0.717) is 17.5 Å². The second-order valence-corrected chi connectivity index (χ2v) is 22.0. The van der Waals surface area contributed by atoms with Crippen molar-refractivity contribution in [2.24, 2.45) is 0 Å². The molecule has 87 heavy (non-hydrogen) atoms. The molecule has 6 heteroatoms. The third-order valence-corrected chi connectivity index (χ3v) is 16.7. The highest BCUT2D eigenvalue weighted by Gasteiger charge is 2.21. The second-order valence-electron chi connectivity index (χ2n) is 22.0. The minimum absolute atomic E-state index is 0.599. The van der Waals surface area contributed by atoms with E-state index in [1.54, 1.807) is 0 Å². The van der Waals surface area contributed by atoms with Crippen LogP contribution in [0.1, 0.15) is 0 Å². The molecular formula is C81H53N5O. The van der Waals surface area contributed by atoms with E-state index in [9.17, 15) is 0 Å². The number of aromatic nitrogens is 4. The van der Waals surface area contributed by atoms with Gasteiger partial charge in [-0.25, -0.2) is 15.0 Å². The van der Waals surface area contributed by atoms with Crippen LogP contribution in [-0.4, -0.2) is 19.5 Å². The van der Waals surface area contributed by atoms with E-state index in [4.69, 9.17) is 19.4 Å². The van der Waals surface area contributed by atoms with Gasteiger partial charge in [0.25, 0.3) is 0 Å². The fourth-order valence-corrected chi connectivity index (χ4v) is 12.3. The smallest absolute Gasteiger partial charge is 0.164 e. The Morgan fingerprint density at radius 3 is 1.23 bits per heavy atom. The number of para-hydroxylation sites is 2. The van der Waals surface area contributed by atoms with Crippen LogP contribution in [0, 0.1) is 0 Å². The predicted molar refractivity (Wildman–Crippen MR) is 360 cm³/mol. The number of rotatable bonds is 12. The van der Waals surface area contributed by atoms with Gasteiger partial charge in [-0.1, -0.05) is 237 Å². The van der Waals surface area contributed by atoms with E-state index in [0.717, 1.165) is 128 Å². The van der Waals surface area contributed by atoms with Gasteiger partial charge < -0.3 is 13.9 Å². The van der Waals surface area contributed by atoms with Gasteiger partial charge in [-0.15, -0.1) is 0 Å². The first-order valence-corrected chi connectivity index (χ1v) is 29.4. The molecule has 0 saturated heterocycles. The van der Waals surface area contributed by atoms with Gasteiger partial charge in [0.2, 0.25) is 0 Å². The second kappa shape index (κ2) is 21.8. The highest BCUT2D eigenvalue weighted by Crippen LogP contribution is 2.43. The molecule has 0 N–H and O–H groups in total. The van der Waals surface area contributed by atoms with Crippen molar-refractivity contribution in [3.05, 3.63) is 322 Å². The van der Waals surface area contributed by atoms with Crippen molar-refractivity contribution in [2.45, 2.75) is 0 Å². The molecule has 0 bridgehead atoms. The lowest BCUT2D eigenvalue weighted by molar-refractivity contribution is 0.670. The van der Waals surface area contributed by atoms with Crippen LogP contribution >= 0.6 is 0 Å². The van der Waals surface area contributed by atoms with Crippen molar-refractivity contribution in [2.75, 3.05) is 4.90 Å². The lowest BCUT2D eigenvalue weighted by atomic mass is 10.00. The van der Waals surface area contributed by atoms with E-state index in [1.165, 1.54) is 11.1 Å². The molecule has 0 unspecified atom stereocenters. The Bertz CT molecular complexity index is 5090. The summed E-state index contributed by atoms with van der Waals surface area (Å²) in [5, 5.41) is 4.47. The van der Waals surface area contributed by atoms with Gasteiger partial charge in [0, 0.05) is 66.5 Å². The Hall–Kier alpha value is -11.7. The number of fused-ring (bicyclic) bond motifs is 6. The van der Waals surface area contributed by atoms with Crippen LogP contribution in [0.4, 0.5) is 17.1 Å². The zero-order valence-electron chi connectivity index (χ0n) is 47.2. The van der Waals surface area contributed by atoms with E-state index in [2.05, 4.69) is 295 Å². The molecule has 13 aromatic carbocycles. The van der Waals surface area contributed by atoms with Gasteiger partial charge in [-0.2, -0.15) is 0 Å². The Morgan fingerprint density at radius 1 is 0.253 bits per heavy atom. The summed E-state index contributed by atoms with van der Waals surface area (Å²) >= 11 is 0. The minimum Gasteiger partial charge on any atom is -0.455 e. The fraction of sp³-hybridized carbons (Fsp3) is 0. The van der Waals surface area contributed by atoms with Gasteiger partial charge in [0.1, 0.15) is 11.2 Å². The Morgan fingerprint density at radius 2 is 0.644 bits per heavy atom. The monoisotopic (exact) mass is 1110 g/mol. The third kappa shape index (κ3) is 9.58. The molecule has 16 aromatic rings. The largest absolute Gasteiger partial charge is 0.455 e. The lowest BCUT2D eigenvalue weighted by Gasteiger charge is -2.26. The molecule has 6 nitrogen and oxygen atoms in total. The third-order valence-electron chi connectivity index (χ3n) is 16.7. The van der Waals surface area contributed by atoms with Crippen molar-refractivity contribution in [1.29, 1.82) is 0 Å². The predicted octanol–water partition coefficient (Wildman–Crippen LogP) is 21.7. The van der Waals surface area contributed by atoms with Crippen molar-refractivity contribution >= 4 is 60.8 Å². The molecule has 3 aromatic heterocycles. The summed E-state index contributed by atoms with van der Waals surface area (Å²) < 4.78 is 8.93. The van der Waals surface area contributed by atoms with Crippen LogP contribution in [-0.2, 0) is 0 Å².